The molecule has 0 saturated heterocycles. The molecule has 2 aromatic heterocycles. The van der Waals surface area contributed by atoms with Crippen LogP contribution in [-0.2, 0) is 0 Å². The number of aromatic nitrogens is 2. The van der Waals surface area contributed by atoms with E-state index in [2.05, 4.69) is 24.0 Å². The molecule has 84 valence electrons. The van der Waals surface area contributed by atoms with Crippen molar-refractivity contribution in [1.82, 2.24) is 9.38 Å². The number of aromatic hydroxyl groups is 1. The van der Waals surface area contributed by atoms with Crippen LogP contribution in [0.25, 0.3) is 16.9 Å². The van der Waals surface area contributed by atoms with Crippen molar-refractivity contribution >= 4 is 5.65 Å². The molecule has 1 aromatic carbocycles. The third kappa shape index (κ3) is 1.76. The van der Waals surface area contributed by atoms with Crippen LogP contribution in [0.2, 0.25) is 0 Å². The quantitative estimate of drug-likeness (QED) is 0.690. The Balaban J connectivity index is 2.18. The molecule has 1 N–H and O–H groups in total. The third-order valence-corrected chi connectivity index (χ3v) is 2.75. The van der Waals surface area contributed by atoms with Gasteiger partial charge in [-0.25, -0.2) is 4.98 Å². The molecule has 17 heavy (non-hydrogen) atoms. The summed E-state index contributed by atoms with van der Waals surface area (Å²) in [6, 6.07) is 11.7. The number of imidazole rings is 1. The molecule has 0 amide bonds. The summed E-state index contributed by atoms with van der Waals surface area (Å²) in [6.45, 7) is 2.06. The molecular weight excluding hydrogens is 212 g/mol. The van der Waals surface area contributed by atoms with E-state index in [1.807, 2.05) is 22.7 Å². The Hall–Kier alpha value is -2.29. The Morgan fingerprint density at radius 1 is 1.12 bits per heavy atom. The predicted molar refractivity (Wildman–Crippen MR) is 67.0 cm³/mol. The van der Waals surface area contributed by atoms with E-state index in [4.69, 9.17) is 0 Å². The van der Waals surface area contributed by atoms with Crippen LogP contribution in [0.1, 0.15) is 5.56 Å². The van der Waals surface area contributed by atoms with E-state index in [1.54, 1.807) is 18.3 Å². The lowest BCUT2D eigenvalue weighted by Crippen LogP contribution is -1.79. The van der Waals surface area contributed by atoms with Gasteiger partial charge in [-0.05, 0) is 25.1 Å². The molecule has 0 saturated carbocycles. The summed E-state index contributed by atoms with van der Waals surface area (Å²) in [6.07, 6.45) is 3.57. The number of pyridine rings is 1. The zero-order chi connectivity index (χ0) is 11.8. The van der Waals surface area contributed by atoms with Crippen molar-refractivity contribution in [2.24, 2.45) is 0 Å². The van der Waals surface area contributed by atoms with Gasteiger partial charge in [0.15, 0.2) is 0 Å². The summed E-state index contributed by atoms with van der Waals surface area (Å²) in [5.74, 6) is 0.241. The van der Waals surface area contributed by atoms with Gasteiger partial charge in [-0.15, -0.1) is 0 Å². The van der Waals surface area contributed by atoms with Crippen LogP contribution in [0.3, 0.4) is 0 Å². The first kappa shape index (κ1) is 9.90. The van der Waals surface area contributed by atoms with Crippen LogP contribution in [0.5, 0.6) is 5.75 Å². The molecule has 0 unspecified atom stereocenters. The third-order valence-electron chi connectivity index (χ3n) is 2.75. The van der Waals surface area contributed by atoms with Crippen LogP contribution >= 0.6 is 0 Å². The molecule has 0 aliphatic carbocycles. The lowest BCUT2D eigenvalue weighted by molar-refractivity contribution is 0.472. The Morgan fingerprint density at radius 2 is 2.00 bits per heavy atom. The van der Waals surface area contributed by atoms with E-state index in [0.29, 0.717) is 0 Å². The summed E-state index contributed by atoms with van der Waals surface area (Å²) in [5, 5.41) is 9.41. The van der Waals surface area contributed by atoms with Crippen LogP contribution in [0.4, 0.5) is 0 Å². The fraction of sp³-hybridized carbons (Fsp3) is 0.0714. The molecule has 3 heteroatoms. The molecule has 0 spiro atoms. The number of rotatable bonds is 1. The van der Waals surface area contributed by atoms with Gasteiger partial charge in [0.2, 0.25) is 0 Å². The van der Waals surface area contributed by atoms with Crippen molar-refractivity contribution in [3.63, 3.8) is 0 Å². The Bertz CT molecular complexity index is 686. The van der Waals surface area contributed by atoms with Crippen molar-refractivity contribution in [1.29, 1.82) is 0 Å². The van der Waals surface area contributed by atoms with Gasteiger partial charge in [0.25, 0.3) is 0 Å². The molecular formula is C14H12N2O. The maximum Gasteiger partial charge on any atom is 0.137 e. The highest BCUT2D eigenvalue weighted by Crippen LogP contribution is 2.21. The lowest BCUT2D eigenvalue weighted by atomic mass is 10.1. The fourth-order valence-corrected chi connectivity index (χ4v) is 1.92. The molecule has 3 nitrogen and oxygen atoms in total. The molecule has 3 rings (SSSR count). The van der Waals surface area contributed by atoms with Gasteiger partial charge >= 0.3 is 0 Å². The van der Waals surface area contributed by atoms with Gasteiger partial charge in [0.05, 0.1) is 11.9 Å². The van der Waals surface area contributed by atoms with E-state index in [-0.39, 0.29) is 5.75 Å². The first-order chi connectivity index (χ1) is 8.22. The van der Waals surface area contributed by atoms with E-state index < -0.39 is 0 Å². The number of aryl methyl sites for hydroxylation is 1. The SMILES string of the molecule is Cc1cccc(-c2cn3cc(O)ccc3n2)c1. The average Bonchev–Trinajstić information content (AvgIpc) is 2.72. The van der Waals surface area contributed by atoms with Crippen LogP contribution in [0.15, 0.2) is 48.8 Å². The van der Waals surface area contributed by atoms with Crippen molar-refractivity contribution < 1.29 is 5.11 Å². The van der Waals surface area contributed by atoms with Gasteiger partial charge in [0.1, 0.15) is 11.4 Å². The van der Waals surface area contributed by atoms with Crippen molar-refractivity contribution in [2.45, 2.75) is 6.92 Å². The Labute approximate surface area is 99.0 Å². The zero-order valence-corrected chi connectivity index (χ0v) is 9.46. The summed E-state index contributed by atoms with van der Waals surface area (Å²) < 4.78 is 1.83. The highest BCUT2D eigenvalue weighted by molar-refractivity contribution is 5.63. The van der Waals surface area contributed by atoms with Crippen molar-refractivity contribution in [3.05, 3.63) is 54.4 Å². The zero-order valence-electron chi connectivity index (χ0n) is 9.46. The number of hydrogen-bond donors (Lipinski definition) is 1. The molecule has 3 aromatic rings. The minimum Gasteiger partial charge on any atom is -0.506 e. The second-order valence-electron chi connectivity index (χ2n) is 4.15. The van der Waals surface area contributed by atoms with Crippen LogP contribution in [-0.4, -0.2) is 14.5 Å². The maximum atomic E-state index is 9.41. The van der Waals surface area contributed by atoms with Gasteiger partial charge < -0.3 is 9.51 Å². The second kappa shape index (κ2) is 3.63. The van der Waals surface area contributed by atoms with E-state index in [0.717, 1.165) is 16.9 Å². The van der Waals surface area contributed by atoms with E-state index >= 15 is 0 Å². The average molecular weight is 224 g/mol. The minimum atomic E-state index is 0.241. The topological polar surface area (TPSA) is 37.5 Å². The summed E-state index contributed by atoms with van der Waals surface area (Å²) in [5.41, 5.74) is 4.05. The van der Waals surface area contributed by atoms with Crippen LogP contribution < -0.4 is 0 Å². The molecule has 0 atom stereocenters. The van der Waals surface area contributed by atoms with Gasteiger partial charge in [0, 0.05) is 11.8 Å². The molecule has 0 aliphatic rings. The summed E-state index contributed by atoms with van der Waals surface area (Å²) in [7, 11) is 0. The van der Waals surface area contributed by atoms with Crippen molar-refractivity contribution in [3.8, 4) is 17.0 Å². The second-order valence-corrected chi connectivity index (χ2v) is 4.15. The summed E-state index contributed by atoms with van der Waals surface area (Å²) in [4.78, 5) is 4.52. The smallest absolute Gasteiger partial charge is 0.137 e. The maximum absolute atomic E-state index is 9.41. The highest BCUT2D eigenvalue weighted by atomic mass is 16.3. The van der Waals surface area contributed by atoms with Gasteiger partial charge in [-0.1, -0.05) is 23.8 Å². The molecule has 2 heterocycles. The van der Waals surface area contributed by atoms with Gasteiger partial charge in [-0.2, -0.15) is 0 Å². The standard InChI is InChI=1S/C14H12N2O/c1-10-3-2-4-11(7-10)13-9-16-8-12(17)5-6-14(16)15-13/h2-9,17H,1H3. The molecule has 0 aliphatic heterocycles. The Kier molecular flexibility index (Phi) is 2.11. The first-order valence-corrected chi connectivity index (χ1v) is 5.47. The fourth-order valence-electron chi connectivity index (χ4n) is 1.92. The van der Waals surface area contributed by atoms with Crippen LogP contribution in [0, 0.1) is 6.92 Å². The first-order valence-electron chi connectivity index (χ1n) is 5.47. The summed E-state index contributed by atoms with van der Waals surface area (Å²) >= 11 is 0. The molecule has 0 bridgehead atoms. The van der Waals surface area contributed by atoms with Gasteiger partial charge in [-0.3, -0.25) is 0 Å². The number of fused-ring (bicyclic) bond motifs is 1. The van der Waals surface area contributed by atoms with E-state index in [1.165, 1.54) is 5.56 Å². The largest absolute Gasteiger partial charge is 0.506 e. The number of benzene rings is 1. The molecule has 0 fully saturated rings. The number of hydrogen-bond acceptors (Lipinski definition) is 2. The Morgan fingerprint density at radius 3 is 2.82 bits per heavy atom. The minimum absolute atomic E-state index is 0.241. The van der Waals surface area contributed by atoms with Crippen molar-refractivity contribution in [2.75, 3.05) is 0 Å². The normalized spacial score (nSPS) is 10.9. The predicted octanol–water partition coefficient (Wildman–Crippen LogP) is 3.02. The molecule has 0 radical (unpaired) electrons. The van der Waals surface area contributed by atoms with E-state index in [9.17, 15) is 5.11 Å². The highest BCUT2D eigenvalue weighted by Gasteiger charge is 2.04. The monoisotopic (exact) mass is 224 g/mol. The lowest BCUT2D eigenvalue weighted by Gasteiger charge is -1.96. The number of nitrogens with zero attached hydrogens (tertiary/aromatic N) is 2.